The minimum Gasteiger partial charge on any atom is -0.392 e. The molecule has 0 aromatic heterocycles. The normalized spacial score (nSPS) is 12.5. The molecule has 0 aliphatic heterocycles. The summed E-state index contributed by atoms with van der Waals surface area (Å²) < 4.78 is 0. The van der Waals surface area contributed by atoms with Crippen molar-refractivity contribution >= 4 is 11.8 Å². The average molecular weight is 1160 g/mol. The number of hydrogen-bond acceptors (Lipinski definition) is 7. The molecule has 0 aromatic carbocycles. The van der Waals surface area contributed by atoms with Gasteiger partial charge in [0.05, 0.1) is 12.2 Å². The molecule has 0 aliphatic carbocycles. The number of unbranched alkanes of at least 4 members (excludes halogenated alkanes) is 46. The van der Waals surface area contributed by atoms with Crippen molar-refractivity contribution in [2.45, 2.75) is 393 Å². The van der Waals surface area contributed by atoms with Crippen molar-refractivity contribution in [2.75, 3.05) is 65.4 Å². The van der Waals surface area contributed by atoms with Gasteiger partial charge < -0.3 is 36.0 Å². The Labute approximate surface area is 513 Å². The molecule has 0 spiro atoms. The molecule has 9 heteroatoms. The highest BCUT2D eigenvalue weighted by atomic mass is 16.3. The molecular formula is C73H149N5O4. The van der Waals surface area contributed by atoms with Crippen LogP contribution in [0, 0.1) is 0 Å². The van der Waals surface area contributed by atoms with E-state index in [2.05, 4.69) is 53.4 Å². The molecule has 5 N–H and O–H groups in total. The van der Waals surface area contributed by atoms with Crippen LogP contribution in [-0.4, -0.2) is 109 Å². The lowest BCUT2D eigenvalue weighted by atomic mass is 10.0. The van der Waals surface area contributed by atoms with Gasteiger partial charge in [0.25, 0.3) is 0 Å². The summed E-state index contributed by atoms with van der Waals surface area (Å²) in [5, 5.41) is 32.3. The third kappa shape index (κ3) is 64.7. The third-order valence-corrected chi connectivity index (χ3v) is 17.6. The number of nitrogens with one attached hydrogen (secondary N) is 3. The zero-order valence-electron chi connectivity index (χ0n) is 56.2. The monoisotopic (exact) mass is 1160 g/mol. The Kier molecular flexibility index (Phi) is 67.8. The summed E-state index contributed by atoms with van der Waals surface area (Å²) in [6.45, 7) is 17.2. The van der Waals surface area contributed by atoms with Gasteiger partial charge in [0.1, 0.15) is 0 Å². The fourth-order valence-electron chi connectivity index (χ4n) is 12.1. The van der Waals surface area contributed by atoms with Crippen LogP contribution in [0.25, 0.3) is 0 Å². The quantitative estimate of drug-likeness (QED) is 0.0385. The van der Waals surface area contributed by atoms with Crippen molar-refractivity contribution in [1.29, 1.82) is 0 Å². The zero-order valence-corrected chi connectivity index (χ0v) is 56.2. The van der Waals surface area contributed by atoms with Gasteiger partial charge in [-0.15, -0.1) is 0 Å². The van der Waals surface area contributed by atoms with Crippen LogP contribution < -0.4 is 16.0 Å². The van der Waals surface area contributed by atoms with Crippen LogP contribution in [-0.2, 0) is 9.59 Å². The number of aliphatic hydroxyl groups excluding tert-OH is 2. The van der Waals surface area contributed by atoms with Gasteiger partial charge in [0, 0.05) is 52.1 Å². The summed E-state index contributed by atoms with van der Waals surface area (Å²) in [4.78, 5) is 30.3. The molecule has 0 aromatic rings. The van der Waals surface area contributed by atoms with Crippen LogP contribution in [0.15, 0.2) is 0 Å². The van der Waals surface area contributed by atoms with Crippen LogP contribution >= 0.6 is 0 Å². The number of carbonyl (C=O) groups excluding carboxylic acids is 2. The molecule has 0 fully saturated rings. The fraction of sp³-hybridized carbons (Fsp3) is 0.973. The summed E-state index contributed by atoms with van der Waals surface area (Å²) in [5.41, 5.74) is 0. The maximum atomic E-state index is 12.6. The molecule has 0 saturated heterocycles. The van der Waals surface area contributed by atoms with Gasteiger partial charge in [-0.1, -0.05) is 317 Å². The van der Waals surface area contributed by atoms with Gasteiger partial charge >= 0.3 is 0 Å². The van der Waals surface area contributed by atoms with Gasteiger partial charge in [-0.05, 0) is 77.5 Å². The van der Waals surface area contributed by atoms with Gasteiger partial charge in [-0.25, -0.2) is 0 Å². The first-order chi connectivity index (χ1) is 40.4. The molecule has 2 unspecified atom stereocenters. The smallest absolute Gasteiger partial charge is 0.221 e. The van der Waals surface area contributed by atoms with Crippen LogP contribution in [0.1, 0.15) is 381 Å². The van der Waals surface area contributed by atoms with Gasteiger partial charge in [0.15, 0.2) is 0 Å². The molecule has 0 bridgehead atoms. The summed E-state index contributed by atoms with van der Waals surface area (Å²) in [6, 6.07) is 0. The molecule has 9 nitrogen and oxygen atoms in total. The van der Waals surface area contributed by atoms with Gasteiger partial charge in [0.2, 0.25) is 11.8 Å². The van der Waals surface area contributed by atoms with Crippen molar-refractivity contribution in [2.24, 2.45) is 0 Å². The lowest BCUT2D eigenvalue weighted by Crippen LogP contribution is -2.40. The maximum Gasteiger partial charge on any atom is 0.221 e. The van der Waals surface area contributed by atoms with E-state index in [4.69, 9.17) is 0 Å². The predicted octanol–water partition coefficient (Wildman–Crippen LogP) is 19.7. The first-order valence-electron chi connectivity index (χ1n) is 37.4. The summed E-state index contributed by atoms with van der Waals surface area (Å²) >= 11 is 0. The molecule has 0 heterocycles. The van der Waals surface area contributed by atoms with Crippen LogP contribution in [0.2, 0.25) is 0 Å². The number of nitrogens with zero attached hydrogens (tertiary/aromatic N) is 2. The van der Waals surface area contributed by atoms with Gasteiger partial charge in [-0.3, -0.25) is 9.59 Å². The van der Waals surface area contributed by atoms with Crippen LogP contribution in [0.4, 0.5) is 0 Å². The first kappa shape index (κ1) is 80.7. The van der Waals surface area contributed by atoms with E-state index in [-0.39, 0.29) is 17.9 Å². The van der Waals surface area contributed by atoms with E-state index in [0.29, 0.717) is 39.0 Å². The second-order valence-corrected chi connectivity index (χ2v) is 26.1. The molecule has 0 aliphatic rings. The first-order valence-corrected chi connectivity index (χ1v) is 37.4. The molecule has 0 saturated carbocycles. The summed E-state index contributed by atoms with van der Waals surface area (Å²) in [6.07, 6.45) is 68.9. The molecule has 2 amide bonds. The van der Waals surface area contributed by atoms with Crippen LogP contribution in [0.5, 0.6) is 0 Å². The van der Waals surface area contributed by atoms with Crippen molar-refractivity contribution in [3.63, 3.8) is 0 Å². The Bertz CT molecular complexity index is 1150. The van der Waals surface area contributed by atoms with E-state index in [1.165, 1.54) is 295 Å². The number of carbonyl (C=O) groups is 2. The van der Waals surface area contributed by atoms with E-state index in [1.54, 1.807) is 0 Å². The summed E-state index contributed by atoms with van der Waals surface area (Å²) in [7, 11) is 0. The SMILES string of the molecule is CCCCCCCCCCCCCCNC(=O)CCCCC(O)CN(CCCCCCCCCCCCCC)CCCCN(CCCCCCCCCCCCCC)CC(O)CNCCC(=O)NCCCCCCCCCCCCCC. The van der Waals surface area contributed by atoms with E-state index >= 15 is 0 Å². The van der Waals surface area contributed by atoms with E-state index in [9.17, 15) is 19.8 Å². The number of rotatable bonds is 71. The molecule has 490 valence electrons. The predicted molar refractivity (Wildman–Crippen MR) is 360 cm³/mol. The van der Waals surface area contributed by atoms with Gasteiger partial charge in [-0.2, -0.15) is 0 Å². The second kappa shape index (κ2) is 68.8. The Hall–Kier alpha value is -1.26. The lowest BCUT2D eigenvalue weighted by Gasteiger charge is -2.27. The van der Waals surface area contributed by atoms with Crippen molar-refractivity contribution in [3.8, 4) is 0 Å². The van der Waals surface area contributed by atoms with Crippen molar-refractivity contribution < 1.29 is 19.8 Å². The lowest BCUT2D eigenvalue weighted by molar-refractivity contribution is -0.121. The number of amides is 2. The number of aliphatic hydroxyl groups is 2. The molecule has 82 heavy (non-hydrogen) atoms. The van der Waals surface area contributed by atoms with E-state index in [0.717, 1.165) is 84.2 Å². The van der Waals surface area contributed by atoms with Crippen molar-refractivity contribution in [1.82, 2.24) is 25.8 Å². The highest BCUT2D eigenvalue weighted by Crippen LogP contribution is 2.17. The van der Waals surface area contributed by atoms with Crippen LogP contribution in [0.3, 0.4) is 0 Å². The highest BCUT2D eigenvalue weighted by Gasteiger charge is 2.15. The molecule has 0 radical (unpaired) electrons. The molecule has 2 atom stereocenters. The highest BCUT2D eigenvalue weighted by molar-refractivity contribution is 5.76. The Morgan fingerprint density at radius 3 is 0.866 bits per heavy atom. The third-order valence-electron chi connectivity index (χ3n) is 17.6. The minimum atomic E-state index is -0.468. The number of hydrogen-bond donors (Lipinski definition) is 5. The zero-order chi connectivity index (χ0) is 59.5. The maximum absolute atomic E-state index is 12.6. The van der Waals surface area contributed by atoms with E-state index < -0.39 is 6.10 Å². The summed E-state index contributed by atoms with van der Waals surface area (Å²) in [5.74, 6) is 0.279. The van der Waals surface area contributed by atoms with E-state index in [1.807, 2.05) is 0 Å². The minimum absolute atomic E-state index is 0.110. The Morgan fingerprint density at radius 1 is 0.293 bits per heavy atom. The Balaban J connectivity index is 4.97. The standard InChI is InChI=1S/C73H149N5O4/c1-5-9-13-17-21-25-29-33-37-41-45-51-60-75-72(81)58-50-49-57-70(79)68-77(63-53-47-43-39-35-31-27-23-19-15-11-7-3)65-55-56-66-78(64-54-48-44-40-36-32-28-24-20-16-12-8-4)69-71(80)67-74-62-59-73(82)76-61-52-46-42-38-34-30-26-22-18-14-10-6-2/h70-71,74,79-80H,5-69H2,1-4H3,(H,75,81)(H,76,82). The second-order valence-electron chi connectivity index (χ2n) is 26.1. The largest absolute Gasteiger partial charge is 0.392 e. The molecule has 0 rings (SSSR count). The van der Waals surface area contributed by atoms with Crippen molar-refractivity contribution in [3.05, 3.63) is 0 Å². The fourth-order valence-corrected chi connectivity index (χ4v) is 12.1. The molecular weight excluding hydrogens is 1010 g/mol. The Morgan fingerprint density at radius 2 is 0.549 bits per heavy atom. The average Bonchev–Trinajstić information content (AvgIpc) is 3.47. The topological polar surface area (TPSA) is 117 Å².